The van der Waals surface area contributed by atoms with Crippen molar-refractivity contribution < 1.29 is 28.6 Å². The minimum Gasteiger partial charge on any atom is -0.462 e. The van der Waals surface area contributed by atoms with Gasteiger partial charge in [-0.3, -0.25) is 14.4 Å². The maximum atomic E-state index is 12.8. The molecule has 0 N–H and O–H groups in total. The van der Waals surface area contributed by atoms with Crippen LogP contribution in [0.15, 0.2) is 122 Å². The monoisotopic (exact) mass is 927 g/mol. The van der Waals surface area contributed by atoms with E-state index >= 15 is 0 Å². The van der Waals surface area contributed by atoms with Crippen molar-refractivity contribution in [3.63, 3.8) is 0 Å². The summed E-state index contributed by atoms with van der Waals surface area (Å²) in [6.07, 6.45) is 74.9. The van der Waals surface area contributed by atoms with Gasteiger partial charge in [0, 0.05) is 19.3 Å². The quantitative estimate of drug-likeness (QED) is 0.0262. The highest BCUT2D eigenvalue weighted by Crippen LogP contribution is 2.12. The zero-order valence-electron chi connectivity index (χ0n) is 43.1. The van der Waals surface area contributed by atoms with Crippen molar-refractivity contribution >= 4 is 17.9 Å². The van der Waals surface area contributed by atoms with Gasteiger partial charge >= 0.3 is 17.9 Å². The third kappa shape index (κ3) is 52.6. The number of unbranched alkanes of at least 4 members (excludes halogenated alkanes) is 16. The average Bonchev–Trinajstić information content (AvgIpc) is 3.33. The number of esters is 3. The summed E-state index contributed by atoms with van der Waals surface area (Å²) in [7, 11) is 0. The largest absolute Gasteiger partial charge is 0.462 e. The molecule has 0 saturated carbocycles. The number of carbonyl (C=O) groups excluding carboxylic acids is 3. The molecule has 378 valence electrons. The molecule has 0 aromatic rings. The molecule has 0 fully saturated rings. The number of rotatable bonds is 47. The molecular formula is C61H98O6. The Hall–Kier alpha value is -4.19. The number of allylic oxidation sites excluding steroid dienone is 20. The van der Waals surface area contributed by atoms with Gasteiger partial charge in [0.05, 0.1) is 0 Å². The summed E-state index contributed by atoms with van der Waals surface area (Å²) in [5, 5.41) is 0. The van der Waals surface area contributed by atoms with Gasteiger partial charge in [-0.1, -0.05) is 213 Å². The maximum Gasteiger partial charge on any atom is 0.306 e. The number of ether oxygens (including phenoxy) is 3. The first-order valence-corrected chi connectivity index (χ1v) is 27.0. The van der Waals surface area contributed by atoms with Crippen molar-refractivity contribution in [2.45, 2.75) is 232 Å². The molecule has 0 heterocycles. The molecule has 0 saturated heterocycles. The van der Waals surface area contributed by atoms with Crippen LogP contribution in [0.5, 0.6) is 0 Å². The van der Waals surface area contributed by atoms with Gasteiger partial charge in [-0.2, -0.15) is 0 Å². The fourth-order valence-corrected chi connectivity index (χ4v) is 6.89. The van der Waals surface area contributed by atoms with Crippen LogP contribution in [0.2, 0.25) is 0 Å². The van der Waals surface area contributed by atoms with Gasteiger partial charge in [0.25, 0.3) is 0 Å². The van der Waals surface area contributed by atoms with Crippen LogP contribution >= 0.6 is 0 Å². The zero-order valence-corrected chi connectivity index (χ0v) is 43.1. The predicted octanol–water partition coefficient (Wildman–Crippen LogP) is 18.1. The number of carbonyl (C=O) groups is 3. The first-order valence-electron chi connectivity index (χ1n) is 27.0. The van der Waals surface area contributed by atoms with Crippen molar-refractivity contribution in [2.24, 2.45) is 0 Å². The molecule has 0 spiro atoms. The molecule has 0 aromatic heterocycles. The highest BCUT2D eigenvalue weighted by atomic mass is 16.6. The first kappa shape index (κ1) is 62.8. The van der Waals surface area contributed by atoms with E-state index in [1.807, 2.05) is 12.2 Å². The molecule has 0 aliphatic carbocycles. The van der Waals surface area contributed by atoms with E-state index in [2.05, 4.69) is 130 Å². The molecule has 1 atom stereocenters. The van der Waals surface area contributed by atoms with E-state index in [9.17, 15) is 14.4 Å². The summed E-state index contributed by atoms with van der Waals surface area (Å²) in [5.74, 6) is -1.08. The summed E-state index contributed by atoms with van der Waals surface area (Å²) in [6.45, 7) is 6.37. The zero-order chi connectivity index (χ0) is 48.6. The second-order valence-electron chi connectivity index (χ2n) is 17.4. The van der Waals surface area contributed by atoms with Crippen LogP contribution in [0.3, 0.4) is 0 Å². The third-order valence-corrected chi connectivity index (χ3v) is 10.9. The molecule has 0 aliphatic heterocycles. The lowest BCUT2D eigenvalue weighted by atomic mass is 10.1. The van der Waals surface area contributed by atoms with Crippen LogP contribution in [0.4, 0.5) is 0 Å². The van der Waals surface area contributed by atoms with Crippen LogP contribution < -0.4 is 0 Å². The van der Waals surface area contributed by atoms with Gasteiger partial charge in [-0.05, 0) is 116 Å². The molecule has 0 amide bonds. The van der Waals surface area contributed by atoms with Crippen molar-refractivity contribution in [2.75, 3.05) is 13.2 Å². The molecule has 0 aromatic carbocycles. The summed E-state index contributed by atoms with van der Waals surface area (Å²) < 4.78 is 16.7. The fourth-order valence-electron chi connectivity index (χ4n) is 6.89. The molecular weight excluding hydrogens is 829 g/mol. The van der Waals surface area contributed by atoms with E-state index in [4.69, 9.17) is 14.2 Å². The summed E-state index contributed by atoms with van der Waals surface area (Å²) >= 11 is 0. The second-order valence-corrected chi connectivity index (χ2v) is 17.4. The van der Waals surface area contributed by atoms with E-state index in [0.717, 1.165) is 89.9 Å². The normalized spacial score (nSPS) is 13.1. The molecule has 0 unspecified atom stereocenters. The summed E-state index contributed by atoms with van der Waals surface area (Å²) in [5.41, 5.74) is 0. The lowest BCUT2D eigenvalue weighted by Crippen LogP contribution is -2.30. The standard InChI is InChI=1S/C61H98O6/c1-4-7-10-13-16-19-22-25-27-29-30-32-33-36-39-42-45-48-51-54-60(63)66-57-58(56-65-59(62)53-50-47-44-41-38-35-24-21-18-15-12-9-6-3)67-61(64)55-52-49-46-43-40-37-34-31-28-26-23-20-17-14-11-8-5-2/h7,10,16,19,21,24-28,30,32,34,36-37,39,43,45-46,48,58H,4-6,8-9,11-15,17-18,20,22-23,29,31,33,35,38,40-42,44,47,49-57H2,1-3H3/b10-7-,19-16-,24-21-,27-25-,28-26-,32-30-,37-34-,39-36-,46-43-,48-45-/t58-/m0/s1. The molecule has 0 rings (SSSR count). The Balaban J connectivity index is 4.60. The average molecular weight is 927 g/mol. The predicted molar refractivity (Wildman–Crippen MR) is 288 cm³/mol. The van der Waals surface area contributed by atoms with E-state index in [1.54, 1.807) is 0 Å². The van der Waals surface area contributed by atoms with Crippen LogP contribution in [-0.4, -0.2) is 37.2 Å². The van der Waals surface area contributed by atoms with Gasteiger partial charge in [0.1, 0.15) is 13.2 Å². The Kier molecular flexibility index (Phi) is 51.0. The summed E-state index contributed by atoms with van der Waals surface area (Å²) in [6, 6.07) is 0. The molecule has 0 bridgehead atoms. The van der Waals surface area contributed by atoms with Crippen LogP contribution in [0.25, 0.3) is 0 Å². The topological polar surface area (TPSA) is 78.9 Å². The molecule has 0 aliphatic rings. The number of hydrogen-bond acceptors (Lipinski definition) is 6. The molecule has 0 radical (unpaired) electrons. The highest BCUT2D eigenvalue weighted by molar-refractivity contribution is 5.71. The van der Waals surface area contributed by atoms with Gasteiger partial charge in [-0.15, -0.1) is 0 Å². The molecule has 6 nitrogen and oxygen atoms in total. The minimum atomic E-state index is -0.841. The highest BCUT2D eigenvalue weighted by Gasteiger charge is 2.19. The second kappa shape index (κ2) is 54.4. The van der Waals surface area contributed by atoms with Gasteiger partial charge in [0.15, 0.2) is 6.10 Å². The van der Waals surface area contributed by atoms with Crippen LogP contribution in [-0.2, 0) is 28.6 Å². The van der Waals surface area contributed by atoms with Crippen LogP contribution in [0.1, 0.15) is 226 Å². The third-order valence-electron chi connectivity index (χ3n) is 10.9. The lowest BCUT2D eigenvalue weighted by molar-refractivity contribution is -0.166. The Morgan fingerprint density at radius 3 is 1.07 bits per heavy atom. The Bertz CT molecular complexity index is 1440. The Morgan fingerprint density at radius 2 is 0.627 bits per heavy atom. The van der Waals surface area contributed by atoms with E-state index in [0.29, 0.717) is 19.3 Å². The minimum absolute atomic E-state index is 0.129. The van der Waals surface area contributed by atoms with Crippen LogP contribution in [0, 0.1) is 0 Å². The molecule has 67 heavy (non-hydrogen) atoms. The smallest absolute Gasteiger partial charge is 0.306 e. The van der Waals surface area contributed by atoms with E-state index in [-0.39, 0.29) is 44.0 Å². The summed E-state index contributed by atoms with van der Waals surface area (Å²) in [4.78, 5) is 38.0. The lowest BCUT2D eigenvalue weighted by Gasteiger charge is -2.18. The van der Waals surface area contributed by atoms with Crippen molar-refractivity contribution in [3.05, 3.63) is 122 Å². The van der Waals surface area contributed by atoms with Gasteiger partial charge in [-0.25, -0.2) is 0 Å². The Labute approximate surface area is 412 Å². The van der Waals surface area contributed by atoms with Gasteiger partial charge < -0.3 is 14.2 Å². The fraction of sp³-hybridized carbons (Fsp3) is 0.623. The maximum absolute atomic E-state index is 12.8. The van der Waals surface area contributed by atoms with Crippen molar-refractivity contribution in [3.8, 4) is 0 Å². The first-order chi connectivity index (χ1) is 33.0. The van der Waals surface area contributed by atoms with Crippen molar-refractivity contribution in [1.82, 2.24) is 0 Å². The van der Waals surface area contributed by atoms with Crippen molar-refractivity contribution in [1.29, 1.82) is 0 Å². The van der Waals surface area contributed by atoms with E-state index in [1.165, 1.54) is 83.5 Å². The molecule has 6 heteroatoms. The van der Waals surface area contributed by atoms with E-state index < -0.39 is 6.10 Å². The SMILES string of the molecule is CC/C=C\C/C=C\C/C=C\C/C=C\C/C=C\C/C=C\CCC(=O)OC[C@H](COC(=O)CCCCCCC/C=C\CCCCCC)OC(=O)CCC/C=C\C/C=C\C/C=C\CCCCCCCC. The Morgan fingerprint density at radius 1 is 0.313 bits per heavy atom. The number of hydrogen-bond donors (Lipinski definition) is 0. The van der Waals surface area contributed by atoms with Gasteiger partial charge in [0.2, 0.25) is 0 Å².